The van der Waals surface area contributed by atoms with E-state index in [1.165, 1.54) is 0 Å². The van der Waals surface area contributed by atoms with Crippen molar-refractivity contribution in [1.29, 1.82) is 0 Å². The minimum atomic E-state index is -0.685. The van der Waals surface area contributed by atoms with Crippen molar-refractivity contribution in [2.45, 2.75) is 66.3 Å². The largest absolute Gasteiger partial charge is 0.465 e. The summed E-state index contributed by atoms with van der Waals surface area (Å²) in [5, 5.41) is 0. The average molecular weight is 695 g/mol. The second-order valence-electron chi connectivity index (χ2n) is 11.2. The van der Waals surface area contributed by atoms with Gasteiger partial charge in [-0.15, -0.1) is 0 Å². The van der Waals surface area contributed by atoms with Crippen LogP contribution in [0.25, 0.3) is 0 Å². The fourth-order valence-corrected chi connectivity index (χ4v) is 5.17. The molecule has 0 fully saturated rings. The van der Waals surface area contributed by atoms with Gasteiger partial charge in [-0.25, -0.2) is 0 Å². The Morgan fingerprint density at radius 3 is 1.29 bits per heavy atom. The van der Waals surface area contributed by atoms with Gasteiger partial charge in [0, 0.05) is 26.2 Å². The predicted molar refractivity (Wildman–Crippen MR) is 184 cm³/mol. The molecule has 0 bridgehead atoms. The first-order valence-corrected chi connectivity index (χ1v) is 17.4. The van der Waals surface area contributed by atoms with Crippen LogP contribution >= 0.6 is 0 Å². The van der Waals surface area contributed by atoms with E-state index in [9.17, 15) is 24.0 Å². The first-order chi connectivity index (χ1) is 23.6. The molecule has 0 aliphatic carbocycles. The molecule has 1 aromatic rings. The smallest absolute Gasteiger partial charge is 0.323 e. The summed E-state index contributed by atoms with van der Waals surface area (Å²) in [4.78, 5) is 68.3. The number of carbonyl (C=O) groups excluding carboxylic acids is 5. The molecule has 278 valence electrons. The Morgan fingerprint density at radius 1 is 0.571 bits per heavy atom. The maximum atomic E-state index is 13.5. The molecule has 0 radical (unpaired) electrons. The molecule has 0 saturated carbocycles. The number of hydrogen-bond donors (Lipinski definition) is 1. The van der Waals surface area contributed by atoms with Crippen molar-refractivity contribution >= 4 is 29.8 Å². The molecular weight excluding hydrogens is 636 g/mol. The first kappa shape index (κ1) is 43.4. The van der Waals surface area contributed by atoms with Crippen LogP contribution < -0.4 is 5.73 Å². The van der Waals surface area contributed by atoms with E-state index in [1.54, 1.807) is 44.4 Å². The highest BCUT2D eigenvalue weighted by molar-refractivity contribution is 5.76. The second kappa shape index (κ2) is 26.3. The molecule has 0 aliphatic rings. The highest BCUT2D eigenvalue weighted by Crippen LogP contribution is 2.15. The van der Waals surface area contributed by atoms with Crippen molar-refractivity contribution in [3.05, 3.63) is 35.4 Å². The zero-order chi connectivity index (χ0) is 36.4. The summed E-state index contributed by atoms with van der Waals surface area (Å²) < 4.78 is 26.0. The van der Waals surface area contributed by atoms with Crippen LogP contribution in [-0.2, 0) is 60.5 Å². The number of ether oxygens (including phenoxy) is 5. The van der Waals surface area contributed by atoms with Crippen LogP contribution in [0.2, 0.25) is 0 Å². The molecule has 1 atom stereocenters. The summed E-state index contributed by atoms with van der Waals surface area (Å²) in [5.74, 6) is -2.38. The van der Waals surface area contributed by atoms with E-state index in [0.717, 1.165) is 24.0 Å². The Hall–Kier alpha value is -3.59. The van der Waals surface area contributed by atoms with Crippen LogP contribution in [0.15, 0.2) is 24.3 Å². The quantitative estimate of drug-likeness (QED) is 0.104. The van der Waals surface area contributed by atoms with Gasteiger partial charge in [0.25, 0.3) is 0 Å². The predicted octanol–water partition coefficient (Wildman–Crippen LogP) is 1.60. The van der Waals surface area contributed by atoms with E-state index in [4.69, 9.17) is 29.4 Å². The van der Waals surface area contributed by atoms with E-state index in [-0.39, 0.29) is 85.4 Å². The molecule has 1 unspecified atom stereocenters. The summed E-state index contributed by atoms with van der Waals surface area (Å²) in [5.41, 5.74) is 7.97. The lowest BCUT2D eigenvalue weighted by molar-refractivity contribution is -0.152. The number of nitrogens with two attached hydrogens (primary N) is 1. The fourth-order valence-electron chi connectivity index (χ4n) is 5.17. The van der Waals surface area contributed by atoms with E-state index >= 15 is 0 Å². The number of aryl methyl sites for hydroxylation is 1. The van der Waals surface area contributed by atoms with Gasteiger partial charge in [-0.3, -0.25) is 38.7 Å². The Morgan fingerprint density at radius 2 is 0.939 bits per heavy atom. The van der Waals surface area contributed by atoms with Gasteiger partial charge in [0.1, 0.15) is 6.04 Å². The third kappa shape index (κ3) is 19.3. The van der Waals surface area contributed by atoms with Gasteiger partial charge >= 0.3 is 29.8 Å². The summed E-state index contributed by atoms with van der Waals surface area (Å²) in [6.07, 6.45) is 2.64. The van der Waals surface area contributed by atoms with Crippen LogP contribution in [-0.4, -0.2) is 143 Å². The summed E-state index contributed by atoms with van der Waals surface area (Å²) in [7, 11) is 0. The van der Waals surface area contributed by atoms with Gasteiger partial charge in [0.05, 0.1) is 59.2 Å². The summed E-state index contributed by atoms with van der Waals surface area (Å²) >= 11 is 0. The van der Waals surface area contributed by atoms with Gasteiger partial charge in [-0.05, 0) is 78.0 Å². The van der Waals surface area contributed by atoms with Crippen molar-refractivity contribution in [2.24, 2.45) is 5.73 Å². The standard InChI is InChI=1S/C35H58N4O10/c1-6-45-31(40)24-37(25-32(41)46-7-2)20-22-39(23-21-38(26-33(42)47-8-3)27-34(43)48-9-4)30(35(44)49-10-5)13-11-12-28-14-16-29(17-15-28)18-19-36/h14-17,30H,6-13,18-27,36H2,1-5H3. The Kier molecular flexibility index (Phi) is 23.3. The van der Waals surface area contributed by atoms with Crippen molar-refractivity contribution in [1.82, 2.24) is 14.7 Å². The van der Waals surface area contributed by atoms with Gasteiger partial charge in [0.15, 0.2) is 0 Å². The molecule has 0 spiro atoms. The molecule has 1 aromatic carbocycles. The zero-order valence-electron chi connectivity index (χ0n) is 30.1. The molecule has 14 nitrogen and oxygen atoms in total. The van der Waals surface area contributed by atoms with E-state index in [0.29, 0.717) is 19.4 Å². The van der Waals surface area contributed by atoms with E-state index in [1.807, 2.05) is 4.90 Å². The van der Waals surface area contributed by atoms with Crippen LogP contribution in [0.5, 0.6) is 0 Å². The third-order valence-electron chi connectivity index (χ3n) is 7.44. The zero-order valence-corrected chi connectivity index (χ0v) is 30.1. The fraction of sp³-hybridized carbons (Fsp3) is 0.686. The lowest BCUT2D eigenvalue weighted by Crippen LogP contribution is -2.50. The molecule has 0 heterocycles. The van der Waals surface area contributed by atoms with Crippen LogP contribution in [0, 0.1) is 0 Å². The molecule has 49 heavy (non-hydrogen) atoms. The van der Waals surface area contributed by atoms with Gasteiger partial charge in [0.2, 0.25) is 0 Å². The molecule has 1 rings (SSSR count). The molecule has 0 saturated heterocycles. The van der Waals surface area contributed by atoms with Crippen molar-refractivity contribution < 1.29 is 47.7 Å². The highest BCUT2D eigenvalue weighted by Gasteiger charge is 2.29. The maximum Gasteiger partial charge on any atom is 0.323 e. The minimum absolute atomic E-state index is 0.150. The Balaban J connectivity index is 3.32. The number of hydrogen-bond acceptors (Lipinski definition) is 14. The van der Waals surface area contributed by atoms with Crippen LogP contribution in [0.3, 0.4) is 0 Å². The minimum Gasteiger partial charge on any atom is -0.465 e. The second-order valence-corrected chi connectivity index (χ2v) is 11.2. The number of rotatable bonds is 27. The van der Waals surface area contributed by atoms with Crippen LogP contribution in [0.1, 0.15) is 58.6 Å². The Bertz CT molecular complexity index is 1030. The Labute approximate surface area is 291 Å². The SMILES string of the molecule is CCOC(=O)CN(CCN(CCN(CC(=O)OCC)CC(=O)OCC)C(CCCc1ccc(CCN)cc1)C(=O)OCC)CC(=O)OCC. The van der Waals surface area contributed by atoms with Crippen LogP contribution in [0.4, 0.5) is 0 Å². The van der Waals surface area contributed by atoms with Gasteiger partial charge < -0.3 is 29.4 Å². The van der Waals surface area contributed by atoms with E-state index in [2.05, 4.69) is 24.3 Å². The topological polar surface area (TPSA) is 167 Å². The average Bonchev–Trinajstić information content (AvgIpc) is 3.04. The first-order valence-electron chi connectivity index (χ1n) is 17.4. The number of carbonyl (C=O) groups is 5. The number of benzene rings is 1. The van der Waals surface area contributed by atoms with Crippen molar-refractivity contribution in [3.8, 4) is 0 Å². The molecule has 0 aliphatic heterocycles. The summed E-state index contributed by atoms with van der Waals surface area (Å²) in [6, 6.07) is 7.55. The third-order valence-corrected chi connectivity index (χ3v) is 7.44. The monoisotopic (exact) mass is 694 g/mol. The lowest BCUT2D eigenvalue weighted by Gasteiger charge is -2.33. The number of nitrogens with zero attached hydrogens (tertiary/aromatic N) is 3. The molecule has 0 aromatic heterocycles. The highest BCUT2D eigenvalue weighted by atomic mass is 16.5. The van der Waals surface area contributed by atoms with Crippen molar-refractivity contribution in [3.63, 3.8) is 0 Å². The number of esters is 5. The van der Waals surface area contributed by atoms with E-state index < -0.39 is 35.9 Å². The lowest BCUT2D eigenvalue weighted by atomic mass is 10.0. The normalized spacial score (nSPS) is 11.8. The maximum absolute atomic E-state index is 13.5. The summed E-state index contributed by atoms with van der Waals surface area (Å²) in [6.45, 7) is 10.4. The molecule has 14 heteroatoms. The van der Waals surface area contributed by atoms with Gasteiger partial charge in [-0.2, -0.15) is 0 Å². The van der Waals surface area contributed by atoms with Crippen molar-refractivity contribution in [2.75, 3.05) is 91.9 Å². The molecule has 0 amide bonds. The van der Waals surface area contributed by atoms with Gasteiger partial charge in [-0.1, -0.05) is 24.3 Å². The molecular formula is C35H58N4O10. The molecule has 2 N–H and O–H groups in total.